The van der Waals surface area contributed by atoms with E-state index in [-0.39, 0.29) is 13.2 Å². The van der Waals surface area contributed by atoms with Crippen molar-refractivity contribution in [2.45, 2.75) is 31.0 Å². The fraction of sp³-hybridized carbons (Fsp3) is 0.149. The van der Waals surface area contributed by atoms with Gasteiger partial charge in [0, 0.05) is 16.5 Å². The van der Waals surface area contributed by atoms with Gasteiger partial charge in [0.25, 0.3) is 0 Å². The summed E-state index contributed by atoms with van der Waals surface area (Å²) in [6.45, 7) is 12.4. The molecule has 2 heterocycles. The van der Waals surface area contributed by atoms with Gasteiger partial charge in [-0.15, -0.1) is 13.2 Å². The molecule has 0 aromatic heterocycles. The molecule has 6 aromatic carbocycles. The summed E-state index contributed by atoms with van der Waals surface area (Å²) in [7, 11) is -7.22. The largest absolute Gasteiger partial charge is 0.437 e. The Hall–Kier alpha value is -5.22. The first-order valence-corrected chi connectivity index (χ1v) is 21.7. The van der Waals surface area contributed by atoms with E-state index in [2.05, 4.69) is 51.3 Å². The summed E-state index contributed by atoms with van der Waals surface area (Å²) in [6, 6.07) is 46.9. The zero-order chi connectivity index (χ0) is 38.2. The highest BCUT2D eigenvalue weighted by Gasteiger charge is 2.46. The van der Waals surface area contributed by atoms with Crippen molar-refractivity contribution in [1.29, 1.82) is 0 Å². The zero-order valence-electron chi connectivity index (χ0n) is 30.8. The Morgan fingerprint density at radius 3 is 1.25 bits per heavy atom. The number of hydrogen-bond acceptors (Lipinski definition) is 6. The monoisotopic (exact) mass is 764 g/mol. The number of ether oxygens (including phenoxy) is 2. The molecular formula is C47H42O6P2. The minimum atomic E-state index is -3.61. The molecule has 4 atom stereocenters. The fourth-order valence-corrected chi connectivity index (χ4v) is 12.8. The summed E-state index contributed by atoms with van der Waals surface area (Å²) in [5.41, 5.74) is 6.73. The molecule has 2 aliphatic heterocycles. The molecule has 0 saturated heterocycles. The van der Waals surface area contributed by atoms with Crippen molar-refractivity contribution in [2.75, 3.05) is 13.2 Å². The van der Waals surface area contributed by atoms with Crippen LogP contribution in [0.4, 0.5) is 0 Å². The van der Waals surface area contributed by atoms with Crippen molar-refractivity contribution in [1.82, 2.24) is 0 Å². The van der Waals surface area contributed by atoms with Gasteiger partial charge in [-0.3, -0.25) is 9.13 Å². The number of rotatable bonds is 12. The lowest BCUT2D eigenvalue weighted by Crippen LogP contribution is -2.24. The summed E-state index contributed by atoms with van der Waals surface area (Å²) in [5.74, 6) is -0.565. The molecule has 0 N–H and O–H groups in total. The molecule has 276 valence electrons. The van der Waals surface area contributed by atoms with Crippen LogP contribution in [0.25, 0.3) is 22.3 Å². The van der Waals surface area contributed by atoms with Crippen LogP contribution in [0.1, 0.15) is 47.8 Å². The number of benzene rings is 6. The predicted molar refractivity (Wildman–Crippen MR) is 222 cm³/mol. The molecule has 0 aliphatic carbocycles. The molecule has 4 unspecified atom stereocenters. The molecule has 0 radical (unpaired) electrons. The average molecular weight is 765 g/mol. The lowest BCUT2D eigenvalue weighted by atomic mass is 9.78. The molecule has 55 heavy (non-hydrogen) atoms. The minimum Gasteiger partial charge on any atom is -0.437 e. The van der Waals surface area contributed by atoms with Gasteiger partial charge in [0.15, 0.2) is 11.7 Å². The normalized spacial score (nSPS) is 19.2. The van der Waals surface area contributed by atoms with Gasteiger partial charge in [-0.05, 0) is 57.6 Å². The van der Waals surface area contributed by atoms with Crippen LogP contribution in [0.5, 0.6) is 11.5 Å². The molecular weight excluding hydrogens is 722 g/mol. The fourth-order valence-electron chi connectivity index (χ4n) is 7.62. The third kappa shape index (κ3) is 6.44. The maximum atomic E-state index is 15.1. The van der Waals surface area contributed by atoms with Crippen molar-refractivity contribution < 1.29 is 27.7 Å². The van der Waals surface area contributed by atoms with E-state index in [1.165, 1.54) is 0 Å². The van der Waals surface area contributed by atoms with E-state index in [0.29, 0.717) is 22.1 Å². The third-order valence-electron chi connectivity index (χ3n) is 10.5. The Bertz CT molecular complexity index is 2310. The number of fused-ring (bicyclic) bond motifs is 6. The molecule has 0 bridgehead atoms. The summed E-state index contributed by atoms with van der Waals surface area (Å²) in [4.78, 5) is 0. The topological polar surface area (TPSA) is 71.1 Å². The second-order valence-corrected chi connectivity index (χ2v) is 18.9. The molecule has 2 aliphatic rings. The number of hydrogen-bond donors (Lipinski definition) is 0. The van der Waals surface area contributed by atoms with Gasteiger partial charge < -0.3 is 18.5 Å². The van der Waals surface area contributed by atoms with Gasteiger partial charge in [-0.2, -0.15) is 0 Å². The second-order valence-electron chi connectivity index (χ2n) is 14.2. The average Bonchev–Trinajstić information content (AvgIpc) is 3.22. The highest BCUT2D eigenvalue weighted by molar-refractivity contribution is 7.68. The van der Waals surface area contributed by atoms with E-state index >= 15 is 9.13 Å². The highest BCUT2D eigenvalue weighted by Crippen LogP contribution is 2.65. The van der Waals surface area contributed by atoms with Gasteiger partial charge in [-0.1, -0.05) is 147 Å². The van der Waals surface area contributed by atoms with E-state index < -0.39 is 31.8 Å². The van der Waals surface area contributed by atoms with Crippen LogP contribution >= 0.6 is 14.7 Å². The molecule has 0 saturated carbocycles. The van der Waals surface area contributed by atoms with E-state index in [1.807, 2.05) is 121 Å². The van der Waals surface area contributed by atoms with Crippen molar-refractivity contribution in [3.05, 3.63) is 193 Å². The van der Waals surface area contributed by atoms with Gasteiger partial charge in [0.2, 0.25) is 0 Å². The molecule has 6 nitrogen and oxygen atoms in total. The summed E-state index contributed by atoms with van der Waals surface area (Å²) in [6.07, 6.45) is 3.32. The lowest BCUT2D eigenvalue weighted by Gasteiger charge is -2.34. The van der Waals surface area contributed by atoms with Crippen molar-refractivity contribution in [3.63, 3.8) is 0 Å². The highest BCUT2D eigenvalue weighted by atomic mass is 31.2. The molecule has 0 spiro atoms. The van der Waals surface area contributed by atoms with Crippen molar-refractivity contribution >= 4 is 25.3 Å². The SMILES string of the molecule is C=CCOC(c1ccc(C(C)(C)c2ccc(C(OCC=C)P3(=O)Oc4ccccc4-c4ccccc43)cc2)cc1)P1(=O)Oc2ccccc2-c2ccccc21. The van der Waals surface area contributed by atoms with Gasteiger partial charge in [-0.25, -0.2) is 0 Å². The summed E-state index contributed by atoms with van der Waals surface area (Å²) in [5, 5.41) is 1.27. The first-order chi connectivity index (χ1) is 26.7. The molecule has 8 rings (SSSR count). The van der Waals surface area contributed by atoms with E-state index in [9.17, 15) is 0 Å². The van der Waals surface area contributed by atoms with Crippen LogP contribution in [0.2, 0.25) is 0 Å². The molecule has 0 fully saturated rings. The van der Waals surface area contributed by atoms with Crippen LogP contribution in [-0.2, 0) is 24.0 Å². The maximum absolute atomic E-state index is 15.1. The van der Waals surface area contributed by atoms with Gasteiger partial charge in [0.1, 0.15) is 11.5 Å². The smallest absolute Gasteiger partial charge is 0.310 e. The Kier molecular flexibility index (Phi) is 9.88. The Labute approximate surface area is 323 Å². The van der Waals surface area contributed by atoms with E-state index in [4.69, 9.17) is 18.5 Å². The van der Waals surface area contributed by atoms with E-state index in [0.717, 1.165) is 44.5 Å². The minimum absolute atomic E-state index is 0.203. The molecule has 0 amide bonds. The Morgan fingerprint density at radius 2 is 0.873 bits per heavy atom. The summed E-state index contributed by atoms with van der Waals surface area (Å²) >= 11 is 0. The Morgan fingerprint density at radius 1 is 0.527 bits per heavy atom. The van der Waals surface area contributed by atoms with Crippen LogP contribution < -0.4 is 19.7 Å². The molecule has 8 heteroatoms. The molecule has 6 aromatic rings. The summed E-state index contributed by atoms with van der Waals surface area (Å²) < 4.78 is 55.7. The van der Waals surface area contributed by atoms with E-state index in [1.54, 1.807) is 12.2 Å². The second kappa shape index (κ2) is 14.8. The van der Waals surface area contributed by atoms with Gasteiger partial charge in [0.05, 0.1) is 23.8 Å². The van der Waals surface area contributed by atoms with Crippen molar-refractivity contribution in [2.24, 2.45) is 0 Å². The zero-order valence-corrected chi connectivity index (χ0v) is 32.6. The third-order valence-corrected chi connectivity index (χ3v) is 15.7. The lowest BCUT2D eigenvalue weighted by molar-refractivity contribution is 0.124. The van der Waals surface area contributed by atoms with Gasteiger partial charge >= 0.3 is 14.7 Å². The van der Waals surface area contributed by atoms with Crippen LogP contribution in [0.15, 0.2) is 171 Å². The number of para-hydroxylation sites is 2. The predicted octanol–water partition coefficient (Wildman–Crippen LogP) is 11.7. The van der Waals surface area contributed by atoms with Crippen LogP contribution in [0, 0.1) is 0 Å². The maximum Gasteiger partial charge on any atom is 0.310 e. The Balaban J connectivity index is 1.10. The van der Waals surface area contributed by atoms with Crippen LogP contribution in [0.3, 0.4) is 0 Å². The first-order valence-electron chi connectivity index (χ1n) is 18.3. The standard InChI is InChI=1S/C47H42O6P2/c1-5-31-50-45(54(48)43-21-13-9-17-39(43)37-15-7-11-19-41(37)52-54)33-23-27-35(28-24-33)47(3,4)36-29-25-34(26-30-36)46(51-32-6-2)55(49)44-22-14-10-18-40(44)38-16-8-12-20-42(38)53-55/h5-30,45-46H,1-2,31-32H2,3-4H3. The quantitative estimate of drug-likeness (QED) is 0.0913. The van der Waals surface area contributed by atoms with Crippen LogP contribution in [-0.4, -0.2) is 13.2 Å². The first kappa shape index (κ1) is 36.7. The van der Waals surface area contributed by atoms with Crippen molar-refractivity contribution in [3.8, 4) is 33.8 Å².